The molecule has 1 aromatic heterocycles. The molecule has 0 spiro atoms. The molecular weight excluding hydrogens is 260 g/mol. The van der Waals surface area contributed by atoms with Gasteiger partial charge in [0.05, 0.1) is 0 Å². The van der Waals surface area contributed by atoms with E-state index in [9.17, 15) is 0 Å². The van der Waals surface area contributed by atoms with Gasteiger partial charge < -0.3 is 15.0 Å². The van der Waals surface area contributed by atoms with E-state index in [1.807, 2.05) is 24.8 Å². The standard InChI is InChI=1S/C13H22N4OS/c1-3-14-11-9-13(17-5-7-19-8-6-17)16-12(15-11)10-18-4-2/h9H,3-8,10H2,1-2H3,(H,14,15,16). The van der Waals surface area contributed by atoms with Crippen LogP contribution in [0, 0.1) is 0 Å². The summed E-state index contributed by atoms with van der Waals surface area (Å²) in [5, 5.41) is 3.27. The Labute approximate surface area is 119 Å². The molecular formula is C13H22N4OS. The van der Waals surface area contributed by atoms with Gasteiger partial charge >= 0.3 is 0 Å². The molecule has 1 fully saturated rings. The van der Waals surface area contributed by atoms with Gasteiger partial charge in [0, 0.05) is 43.8 Å². The number of hydrogen-bond donors (Lipinski definition) is 1. The molecule has 0 radical (unpaired) electrons. The van der Waals surface area contributed by atoms with E-state index in [1.165, 1.54) is 11.5 Å². The second-order valence-corrected chi connectivity index (χ2v) is 5.52. The average Bonchev–Trinajstić information content (AvgIpc) is 2.46. The highest BCUT2D eigenvalue weighted by molar-refractivity contribution is 7.99. The first-order valence-corrected chi connectivity index (χ1v) is 8.01. The van der Waals surface area contributed by atoms with Crippen molar-refractivity contribution in [3.8, 4) is 0 Å². The minimum atomic E-state index is 0.478. The summed E-state index contributed by atoms with van der Waals surface area (Å²) in [6.07, 6.45) is 0. The monoisotopic (exact) mass is 282 g/mol. The van der Waals surface area contributed by atoms with E-state index in [0.29, 0.717) is 13.2 Å². The molecule has 0 amide bonds. The van der Waals surface area contributed by atoms with Gasteiger partial charge in [-0.25, -0.2) is 9.97 Å². The maximum atomic E-state index is 5.42. The Morgan fingerprint density at radius 3 is 2.79 bits per heavy atom. The van der Waals surface area contributed by atoms with Crippen LogP contribution in [0.4, 0.5) is 11.6 Å². The minimum absolute atomic E-state index is 0.478. The first-order valence-electron chi connectivity index (χ1n) is 6.85. The van der Waals surface area contributed by atoms with E-state index >= 15 is 0 Å². The molecule has 0 aromatic carbocycles. The van der Waals surface area contributed by atoms with Crippen LogP contribution in [0.1, 0.15) is 19.7 Å². The van der Waals surface area contributed by atoms with Crippen LogP contribution in [0.25, 0.3) is 0 Å². The molecule has 1 aliphatic heterocycles. The smallest absolute Gasteiger partial charge is 0.158 e. The summed E-state index contributed by atoms with van der Waals surface area (Å²) in [4.78, 5) is 11.4. The van der Waals surface area contributed by atoms with Gasteiger partial charge in [-0.1, -0.05) is 0 Å². The Kier molecular flexibility index (Phi) is 5.72. The van der Waals surface area contributed by atoms with Gasteiger partial charge in [-0.15, -0.1) is 0 Å². The summed E-state index contributed by atoms with van der Waals surface area (Å²) >= 11 is 2.00. The highest BCUT2D eigenvalue weighted by Crippen LogP contribution is 2.20. The minimum Gasteiger partial charge on any atom is -0.374 e. The maximum absolute atomic E-state index is 5.42. The first kappa shape index (κ1) is 14.4. The highest BCUT2D eigenvalue weighted by atomic mass is 32.2. The average molecular weight is 282 g/mol. The van der Waals surface area contributed by atoms with Crippen molar-refractivity contribution in [2.24, 2.45) is 0 Å². The Bertz CT molecular complexity index is 396. The molecule has 1 aliphatic rings. The van der Waals surface area contributed by atoms with Crippen LogP contribution in [0.15, 0.2) is 6.07 Å². The number of thioether (sulfide) groups is 1. The van der Waals surface area contributed by atoms with E-state index in [-0.39, 0.29) is 0 Å². The van der Waals surface area contributed by atoms with E-state index < -0.39 is 0 Å². The zero-order valence-electron chi connectivity index (χ0n) is 11.7. The third-order valence-corrected chi connectivity index (χ3v) is 3.83. The predicted octanol–water partition coefficient (Wildman–Crippen LogP) is 2.00. The molecule has 5 nitrogen and oxygen atoms in total. The van der Waals surface area contributed by atoms with Crippen LogP contribution >= 0.6 is 11.8 Å². The number of anilines is 2. The van der Waals surface area contributed by atoms with Crippen molar-refractivity contribution < 1.29 is 4.74 Å². The van der Waals surface area contributed by atoms with Crippen molar-refractivity contribution in [3.05, 3.63) is 11.9 Å². The second kappa shape index (κ2) is 7.55. The lowest BCUT2D eigenvalue weighted by Gasteiger charge is -2.28. The lowest BCUT2D eigenvalue weighted by atomic mass is 10.4. The van der Waals surface area contributed by atoms with Gasteiger partial charge in [0.15, 0.2) is 5.82 Å². The Hall–Kier alpha value is -1.01. The number of rotatable bonds is 6. The number of ether oxygens (including phenoxy) is 1. The Balaban J connectivity index is 2.17. The number of nitrogens with one attached hydrogen (secondary N) is 1. The lowest BCUT2D eigenvalue weighted by molar-refractivity contribution is 0.128. The summed E-state index contributed by atoms with van der Waals surface area (Å²) < 4.78 is 5.42. The van der Waals surface area contributed by atoms with Crippen molar-refractivity contribution >= 4 is 23.4 Å². The molecule has 2 rings (SSSR count). The normalized spacial score (nSPS) is 15.6. The van der Waals surface area contributed by atoms with Crippen LogP contribution in [0.2, 0.25) is 0 Å². The van der Waals surface area contributed by atoms with Crippen LogP contribution in [0.5, 0.6) is 0 Å². The summed E-state index contributed by atoms with van der Waals surface area (Å²) in [5.74, 6) is 5.00. The van der Waals surface area contributed by atoms with Gasteiger partial charge in [0.25, 0.3) is 0 Å². The largest absolute Gasteiger partial charge is 0.374 e. The number of hydrogen-bond acceptors (Lipinski definition) is 6. The van der Waals surface area contributed by atoms with Crippen molar-refractivity contribution in [1.29, 1.82) is 0 Å². The molecule has 1 aromatic rings. The Morgan fingerprint density at radius 1 is 1.32 bits per heavy atom. The fraction of sp³-hybridized carbons (Fsp3) is 0.692. The molecule has 2 heterocycles. The quantitative estimate of drug-likeness (QED) is 0.861. The molecule has 0 bridgehead atoms. The van der Waals surface area contributed by atoms with E-state index in [0.717, 1.165) is 37.1 Å². The molecule has 1 saturated heterocycles. The fourth-order valence-corrected chi connectivity index (χ4v) is 2.87. The summed E-state index contributed by atoms with van der Waals surface area (Å²) in [6.45, 7) is 8.19. The van der Waals surface area contributed by atoms with Gasteiger partial charge in [0.2, 0.25) is 0 Å². The third-order valence-electron chi connectivity index (χ3n) is 2.89. The summed E-state index contributed by atoms with van der Waals surface area (Å²) in [6, 6.07) is 2.04. The van der Waals surface area contributed by atoms with Crippen LogP contribution < -0.4 is 10.2 Å². The number of nitrogens with zero attached hydrogens (tertiary/aromatic N) is 3. The molecule has 106 valence electrons. The van der Waals surface area contributed by atoms with E-state index in [1.54, 1.807) is 0 Å². The number of aromatic nitrogens is 2. The zero-order chi connectivity index (χ0) is 13.5. The van der Waals surface area contributed by atoms with Crippen LogP contribution in [0.3, 0.4) is 0 Å². The van der Waals surface area contributed by atoms with E-state index in [4.69, 9.17) is 4.74 Å². The molecule has 0 unspecified atom stereocenters. The lowest BCUT2D eigenvalue weighted by Crippen LogP contribution is -2.33. The molecule has 6 heteroatoms. The molecule has 0 atom stereocenters. The molecule has 19 heavy (non-hydrogen) atoms. The van der Waals surface area contributed by atoms with Gasteiger partial charge in [-0.2, -0.15) is 11.8 Å². The topological polar surface area (TPSA) is 50.3 Å². The van der Waals surface area contributed by atoms with Gasteiger partial charge in [-0.3, -0.25) is 0 Å². The zero-order valence-corrected chi connectivity index (χ0v) is 12.5. The van der Waals surface area contributed by atoms with Crippen molar-refractivity contribution in [2.45, 2.75) is 20.5 Å². The first-order chi connectivity index (χ1) is 9.33. The Morgan fingerprint density at radius 2 is 2.11 bits per heavy atom. The van der Waals surface area contributed by atoms with Gasteiger partial charge in [0.1, 0.15) is 18.2 Å². The summed E-state index contributed by atoms with van der Waals surface area (Å²) in [5.41, 5.74) is 0. The SMILES string of the molecule is CCNc1cc(N2CCSCC2)nc(COCC)n1. The predicted molar refractivity (Wildman–Crippen MR) is 81.1 cm³/mol. The van der Waals surface area contributed by atoms with Crippen LogP contribution in [-0.2, 0) is 11.3 Å². The van der Waals surface area contributed by atoms with Crippen LogP contribution in [-0.4, -0.2) is 47.7 Å². The van der Waals surface area contributed by atoms with Crippen molar-refractivity contribution in [2.75, 3.05) is 48.0 Å². The van der Waals surface area contributed by atoms with E-state index in [2.05, 4.69) is 27.1 Å². The molecule has 0 aliphatic carbocycles. The maximum Gasteiger partial charge on any atom is 0.158 e. The van der Waals surface area contributed by atoms with Crippen molar-refractivity contribution in [3.63, 3.8) is 0 Å². The third kappa shape index (κ3) is 4.24. The summed E-state index contributed by atoms with van der Waals surface area (Å²) in [7, 11) is 0. The molecule has 0 saturated carbocycles. The van der Waals surface area contributed by atoms with Crippen molar-refractivity contribution in [1.82, 2.24) is 9.97 Å². The molecule has 1 N–H and O–H groups in total. The highest BCUT2D eigenvalue weighted by Gasteiger charge is 2.14. The second-order valence-electron chi connectivity index (χ2n) is 4.29. The van der Waals surface area contributed by atoms with Gasteiger partial charge in [-0.05, 0) is 13.8 Å². The fourth-order valence-electron chi connectivity index (χ4n) is 1.97.